The van der Waals surface area contributed by atoms with Crippen molar-refractivity contribution in [2.75, 3.05) is 51.2 Å². The fourth-order valence-electron chi connectivity index (χ4n) is 4.48. The molecule has 1 fully saturated rings. The summed E-state index contributed by atoms with van der Waals surface area (Å²) in [5.74, 6) is 0.347. The molecular weight excluding hydrogens is 505 g/mol. The van der Waals surface area contributed by atoms with Gasteiger partial charge in [-0.05, 0) is 42.5 Å². The molecule has 3 heterocycles. The summed E-state index contributed by atoms with van der Waals surface area (Å²) in [6.45, 7) is 6.23. The zero-order valence-electron chi connectivity index (χ0n) is 20.8. The molecule has 1 aliphatic rings. The normalized spacial score (nSPS) is 14.3. The van der Waals surface area contributed by atoms with E-state index < -0.39 is 5.82 Å². The van der Waals surface area contributed by atoms with Crippen molar-refractivity contribution in [3.8, 4) is 23.1 Å². The SMILES string of the molecule is N#CCCN1CCN(CCOc2ccc3c(Nc4cnnc(-c5cc(Cl)ccc5F)c4)ccnc3c2)CC1. The van der Waals surface area contributed by atoms with E-state index in [0.717, 1.165) is 61.6 Å². The van der Waals surface area contributed by atoms with E-state index in [1.807, 2.05) is 24.3 Å². The molecule has 0 unspecified atom stereocenters. The predicted octanol–water partition coefficient (Wildman–Crippen LogP) is 5.14. The number of anilines is 2. The van der Waals surface area contributed by atoms with Gasteiger partial charge in [-0.15, -0.1) is 0 Å². The number of hydrogen-bond donors (Lipinski definition) is 1. The fraction of sp³-hybridized carbons (Fsp3) is 0.286. The first-order valence-electron chi connectivity index (χ1n) is 12.5. The monoisotopic (exact) mass is 531 g/mol. The quantitative estimate of drug-likeness (QED) is 0.317. The number of rotatable bonds is 9. The summed E-state index contributed by atoms with van der Waals surface area (Å²) in [6.07, 6.45) is 3.89. The van der Waals surface area contributed by atoms with Crippen molar-refractivity contribution in [3.05, 3.63) is 71.8 Å². The smallest absolute Gasteiger partial charge is 0.132 e. The van der Waals surface area contributed by atoms with Crippen LogP contribution in [0.3, 0.4) is 0 Å². The molecule has 0 bridgehead atoms. The number of nitriles is 1. The minimum atomic E-state index is -0.416. The van der Waals surface area contributed by atoms with Gasteiger partial charge < -0.3 is 10.1 Å². The van der Waals surface area contributed by atoms with Crippen LogP contribution in [-0.2, 0) is 0 Å². The van der Waals surface area contributed by atoms with Crippen LogP contribution in [0.1, 0.15) is 6.42 Å². The van der Waals surface area contributed by atoms with E-state index in [2.05, 4.69) is 36.4 Å². The van der Waals surface area contributed by atoms with Gasteiger partial charge in [0.15, 0.2) is 0 Å². The molecule has 2 aromatic carbocycles. The average molecular weight is 532 g/mol. The van der Waals surface area contributed by atoms with Crippen LogP contribution < -0.4 is 10.1 Å². The third-order valence-corrected chi connectivity index (χ3v) is 6.77. The van der Waals surface area contributed by atoms with E-state index >= 15 is 0 Å². The van der Waals surface area contributed by atoms with Gasteiger partial charge in [0.05, 0.1) is 29.2 Å². The Balaban J connectivity index is 1.22. The highest BCUT2D eigenvalue weighted by Gasteiger charge is 2.16. The number of hydrogen-bond acceptors (Lipinski definition) is 8. The summed E-state index contributed by atoms with van der Waals surface area (Å²) < 4.78 is 20.4. The molecule has 4 aromatic rings. The molecule has 194 valence electrons. The Morgan fingerprint density at radius 3 is 2.66 bits per heavy atom. The molecule has 2 aromatic heterocycles. The van der Waals surface area contributed by atoms with Gasteiger partial charge >= 0.3 is 0 Å². The Morgan fingerprint density at radius 1 is 1.03 bits per heavy atom. The molecule has 0 aliphatic carbocycles. The van der Waals surface area contributed by atoms with Gasteiger partial charge in [-0.1, -0.05) is 11.6 Å². The van der Waals surface area contributed by atoms with E-state index in [0.29, 0.717) is 29.4 Å². The Labute approximate surface area is 225 Å². The number of fused-ring (bicyclic) bond motifs is 1. The summed E-state index contributed by atoms with van der Waals surface area (Å²) in [4.78, 5) is 9.23. The van der Waals surface area contributed by atoms with Gasteiger partial charge in [-0.2, -0.15) is 15.5 Å². The summed E-state index contributed by atoms with van der Waals surface area (Å²) in [7, 11) is 0. The number of aromatic nitrogens is 3. The predicted molar refractivity (Wildman–Crippen MR) is 146 cm³/mol. The minimum Gasteiger partial charge on any atom is -0.492 e. The molecule has 0 radical (unpaired) electrons. The molecule has 1 saturated heterocycles. The van der Waals surface area contributed by atoms with Crippen LogP contribution in [-0.4, -0.2) is 70.9 Å². The Bertz CT molecular complexity index is 1450. The standard InChI is InChI=1S/C28H27ClFN7O/c29-20-2-5-25(30)24(16-20)28-17-21(19-33-35-28)34-26-6-8-32-27-18-22(3-4-23(26)27)38-15-14-37-12-10-36(11-13-37)9-1-7-31/h2-6,8,16-19H,1,9-15H2,(H,32,34,35). The molecule has 0 atom stereocenters. The zero-order chi connectivity index (χ0) is 26.3. The van der Waals surface area contributed by atoms with Crippen LogP contribution in [0.4, 0.5) is 15.8 Å². The highest BCUT2D eigenvalue weighted by atomic mass is 35.5. The number of piperazine rings is 1. The summed E-state index contributed by atoms with van der Waals surface area (Å²) >= 11 is 6.05. The minimum absolute atomic E-state index is 0.288. The molecule has 0 amide bonds. The summed E-state index contributed by atoms with van der Waals surface area (Å²) in [5, 5.41) is 21.5. The van der Waals surface area contributed by atoms with E-state index in [1.165, 1.54) is 18.2 Å². The Hall–Kier alpha value is -3.84. The first-order chi connectivity index (χ1) is 18.6. The number of nitrogens with zero attached hydrogens (tertiary/aromatic N) is 6. The molecule has 0 saturated carbocycles. The van der Waals surface area contributed by atoms with Crippen LogP contribution in [0, 0.1) is 17.1 Å². The van der Waals surface area contributed by atoms with Crippen LogP contribution in [0.25, 0.3) is 22.2 Å². The largest absolute Gasteiger partial charge is 0.492 e. The van der Waals surface area contributed by atoms with Gasteiger partial charge in [-0.25, -0.2) is 4.39 Å². The van der Waals surface area contributed by atoms with E-state index in [1.54, 1.807) is 18.5 Å². The number of halogens is 2. The molecular formula is C28H27ClFN7O. The first-order valence-corrected chi connectivity index (χ1v) is 12.9. The van der Waals surface area contributed by atoms with Crippen molar-refractivity contribution in [1.82, 2.24) is 25.0 Å². The number of ether oxygens (including phenoxy) is 1. The zero-order valence-corrected chi connectivity index (χ0v) is 21.5. The second kappa shape index (κ2) is 12.1. The van der Waals surface area contributed by atoms with Crippen LogP contribution >= 0.6 is 11.6 Å². The average Bonchev–Trinajstić information content (AvgIpc) is 2.94. The van der Waals surface area contributed by atoms with Gasteiger partial charge in [0.1, 0.15) is 18.2 Å². The Kier molecular flexibility index (Phi) is 8.24. The van der Waals surface area contributed by atoms with E-state index in [-0.39, 0.29) is 5.56 Å². The lowest BCUT2D eigenvalue weighted by atomic mass is 10.1. The van der Waals surface area contributed by atoms with Crippen molar-refractivity contribution in [2.24, 2.45) is 0 Å². The van der Waals surface area contributed by atoms with Crippen molar-refractivity contribution < 1.29 is 9.13 Å². The lowest BCUT2D eigenvalue weighted by Gasteiger charge is -2.34. The molecule has 10 heteroatoms. The van der Waals surface area contributed by atoms with Crippen molar-refractivity contribution in [3.63, 3.8) is 0 Å². The van der Waals surface area contributed by atoms with Crippen molar-refractivity contribution in [2.45, 2.75) is 6.42 Å². The van der Waals surface area contributed by atoms with Crippen LogP contribution in [0.15, 0.2) is 60.9 Å². The fourth-order valence-corrected chi connectivity index (χ4v) is 4.65. The molecule has 5 rings (SSSR count). The summed E-state index contributed by atoms with van der Waals surface area (Å²) in [5.41, 5.74) is 2.96. The third-order valence-electron chi connectivity index (χ3n) is 6.53. The molecule has 38 heavy (non-hydrogen) atoms. The van der Waals surface area contributed by atoms with Crippen LogP contribution in [0.5, 0.6) is 5.75 Å². The number of benzene rings is 2. The van der Waals surface area contributed by atoms with Crippen LogP contribution in [0.2, 0.25) is 5.02 Å². The lowest BCUT2D eigenvalue weighted by Crippen LogP contribution is -2.47. The maximum atomic E-state index is 14.3. The highest BCUT2D eigenvalue weighted by Crippen LogP contribution is 2.30. The van der Waals surface area contributed by atoms with E-state index in [4.69, 9.17) is 21.6 Å². The first kappa shape index (κ1) is 25.8. The number of nitrogens with one attached hydrogen (secondary N) is 1. The molecule has 8 nitrogen and oxygen atoms in total. The topological polar surface area (TPSA) is 90.2 Å². The van der Waals surface area contributed by atoms with Gasteiger partial charge in [0.2, 0.25) is 0 Å². The summed E-state index contributed by atoms with van der Waals surface area (Å²) in [6, 6.07) is 16.0. The van der Waals surface area contributed by atoms with Gasteiger partial charge in [0, 0.05) is 79.6 Å². The van der Waals surface area contributed by atoms with Crippen molar-refractivity contribution >= 4 is 33.9 Å². The third kappa shape index (κ3) is 6.34. The second-order valence-electron chi connectivity index (χ2n) is 9.06. The highest BCUT2D eigenvalue weighted by molar-refractivity contribution is 6.30. The lowest BCUT2D eigenvalue weighted by molar-refractivity contribution is 0.118. The van der Waals surface area contributed by atoms with Gasteiger partial charge in [-0.3, -0.25) is 14.8 Å². The van der Waals surface area contributed by atoms with Gasteiger partial charge in [0.25, 0.3) is 0 Å². The second-order valence-corrected chi connectivity index (χ2v) is 9.49. The Morgan fingerprint density at radius 2 is 1.84 bits per heavy atom. The molecule has 1 N–H and O–H groups in total. The maximum absolute atomic E-state index is 14.3. The molecule has 1 aliphatic heterocycles. The maximum Gasteiger partial charge on any atom is 0.132 e. The van der Waals surface area contributed by atoms with E-state index in [9.17, 15) is 4.39 Å². The number of pyridine rings is 1. The molecule has 0 spiro atoms. The van der Waals surface area contributed by atoms with Crippen molar-refractivity contribution in [1.29, 1.82) is 5.26 Å².